The van der Waals surface area contributed by atoms with Crippen LogP contribution in [-0.4, -0.2) is 4.98 Å². The molecule has 0 saturated heterocycles. The minimum Gasteiger partial charge on any atom is -0.225 e. The lowest BCUT2D eigenvalue weighted by atomic mass is 10.0. The molecule has 0 aliphatic rings. The normalized spacial score (nSPS) is 11.0. The van der Waals surface area contributed by atoms with E-state index in [9.17, 15) is 0 Å². The molecule has 1 aromatic carbocycles. The van der Waals surface area contributed by atoms with Crippen molar-refractivity contribution in [1.29, 1.82) is 0 Å². The van der Waals surface area contributed by atoms with Crippen LogP contribution in [0.2, 0.25) is 4.47 Å². The van der Waals surface area contributed by atoms with Crippen molar-refractivity contribution in [3.05, 3.63) is 39.7 Å². The Labute approximate surface area is 105 Å². The third-order valence-electron chi connectivity index (χ3n) is 2.37. The molecule has 0 bridgehead atoms. The van der Waals surface area contributed by atoms with Gasteiger partial charge in [0.05, 0.1) is 5.69 Å². The fourth-order valence-electron chi connectivity index (χ4n) is 1.67. The lowest BCUT2D eigenvalue weighted by molar-refractivity contribution is 0.647. The molecule has 2 aromatic rings. The largest absolute Gasteiger partial charge is 0.225 e. The number of thiazole rings is 1. The van der Waals surface area contributed by atoms with Gasteiger partial charge in [-0.05, 0) is 17.9 Å². The summed E-state index contributed by atoms with van der Waals surface area (Å²) in [5, 5.41) is 1.99. The van der Waals surface area contributed by atoms with Gasteiger partial charge in [-0.1, -0.05) is 49.7 Å². The monoisotopic (exact) mass is 251 g/mol. The molecule has 84 valence electrons. The summed E-state index contributed by atoms with van der Waals surface area (Å²) >= 11 is 7.29. The number of aromatic nitrogens is 1. The molecule has 0 spiro atoms. The Balaban J connectivity index is 2.19. The molecular weight excluding hydrogens is 238 g/mol. The Morgan fingerprint density at radius 3 is 2.44 bits per heavy atom. The van der Waals surface area contributed by atoms with Gasteiger partial charge in [0, 0.05) is 10.9 Å². The van der Waals surface area contributed by atoms with Gasteiger partial charge in [-0.25, -0.2) is 4.98 Å². The zero-order valence-corrected chi connectivity index (χ0v) is 11.0. The highest BCUT2D eigenvalue weighted by Crippen LogP contribution is 2.25. The van der Waals surface area contributed by atoms with Crippen molar-refractivity contribution in [2.45, 2.75) is 20.3 Å². The van der Waals surface area contributed by atoms with E-state index in [0.29, 0.717) is 10.4 Å². The van der Waals surface area contributed by atoms with Gasteiger partial charge in [0.1, 0.15) is 0 Å². The molecule has 1 nitrogen and oxygen atoms in total. The predicted octanol–water partition coefficient (Wildman–Crippen LogP) is 4.66. The van der Waals surface area contributed by atoms with Crippen LogP contribution in [0.3, 0.4) is 0 Å². The van der Waals surface area contributed by atoms with E-state index < -0.39 is 0 Å². The smallest absolute Gasteiger partial charge is 0.184 e. The predicted molar refractivity (Wildman–Crippen MR) is 71.1 cm³/mol. The molecule has 0 saturated carbocycles. The van der Waals surface area contributed by atoms with Gasteiger partial charge in [0.25, 0.3) is 0 Å². The second kappa shape index (κ2) is 4.98. The van der Waals surface area contributed by atoms with Crippen LogP contribution in [-0.2, 0) is 6.42 Å². The number of halogens is 1. The van der Waals surface area contributed by atoms with Crippen LogP contribution in [0.5, 0.6) is 0 Å². The topological polar surface area (TPSA) is 12.9 Å². The van der Waals surface area contributed by atoms with Crippen molar-refractivity contribution in [1.82, 2.24) is 4.98 Å². The summed E-state index contributed by atoms with van der Waals surface area (Å²) in [5.74, 6) is 0.694. The SMILES string of the molecule is CC(C)Cc1ccc(-c2csc(Cl)n2)cc1. The lowest BCUT2D eigenvalue weighted by Crippen LogP contribution is -1.93. The Hall–Kier alpha value is -0.860. The van der Waals surface area contributed by atoms with E-state index in [-0.39, 0.29) is 0 Å². The number of hydrogen-bond donors (Lipinski definition) is 0. The highest BCUT2D eigenvalue weighted by Gasteiger charge is 2.03. The molecule has 2 rings (SSSR count). The summed E-state index contributed by atoms with van der Waals surface area (Å²) in [5.41, 5.74) is 3.47. The minimum absolute atomic E-state index is 0.598. The van der Waals surface area contributed by atoms with E-state index in [4.69, 9.17) is 11.6 Å². The fraction of sp³-hybridized carbons (Fsp3) is 0.308. The van der Waals surface area contributed by atoms with Gasteiger partial charge < -0.3 is 0 Å². The van der Waals surface area contributed by atoms with Crippen LogP contribution in [0, 0.1) is 5.92 Å². The van der Waals surface area contributed by atoms with Crippen molar-refractivity contribution in [2.75, 3.05) is 0 Å². The van der Waals surface area contributed by atoms with Gasteiger partial charge >= 0.3 is 0 Å². The molecule has 0 N–H and O–H groups in total. The van der Waals surface area contributed by atoms with Gasteiger partial charge in [-0.15, -0.1) is 11.3 Å². The lowest BCUT2D eigenvalue weighted by Gasteiger charge is -2.05. The van der Waals surface area contributed by atoms with E-state index in [0.717, 1.165) is 17.7 Å². The number of rotatable bonds is 3. The first kappa shape index (κ1) is 11.6. The standard InChI is InChI=1S/C13H14ClNS/c1-9(2)7-10-3-5-11(6-4-10)12-8-16-13(14)15-12/h3-6,8-9H,7H2,1-2H3. The Morgan fingerprint density at radius 2 is 1.94 bits per heavy atom. The maximum Gasteiger partial charge on any atom is 0.184 e. The molecule has 0 fully saturated rings. The summed E-state index contributed by atoms with van der Waals surface area (Å²) in [6.45, 7) is 4.46. The number of benzene rings is 1. The third-order valence-corrected chi connectivity index (χ3v) is 3.35. The van der Waals surface area contributed by atoms with E-state index in [1.54, 1.807) is 0 Å². The highest BCUT2D eigenvalue weighted by molar-refractivity contribution is 7.14. The van der Waals surface area contributed by atoms with Crippen LogP contribution in [0.15, 0.2) is 29.6 Å². The van der Waals surface area contributed by atoms with Crippen molar-refractivity contribution >= 4 is 22.9 Å². The van der Waals surface area contributed by atoms with Gasteiger partial charge in [0.2, 0.25) is 0 Å². The van der Waals surface area contributed by atoms with Gasteiger partial charge in [0.15, 0.2) is 4.47 Å². The van der Waals surface area contributed by atoms with Gasteiger partial charge in [-0.2, -0.15) is 0 Å². The molecule has 0 atom stereocenters. The summed E-state index contributed by atoms with van der Waals surface area (Å²) < 4.78 is 0.598. The molecule has 1 heterocycles. The first-order valence-corrected chi connectivity index (χ1v) is 6.61. The molecule has 0 aliphatic heterocycles. The zero-order valence-electron chi connectivity index (χ0n) is 9.40. The second-order valence-corrected chi connectivity index (χ2v) is 5.72. The van der Waals surface area contributed by atoms with Crippen LogP contribution in [0.1, 0.15) is 19.4 Å². The molecule has 0 radical (unpaired) electrons. The fourth-order valence-corrected chi connectivity index (χ4v) is 2.44. The van der Waals surface area contributed by atoms with Crippen molar-refractivity contribution in [2.24, 2.45) is 5.92 Å². The Kier molecular flexibility index (Phi) is 3.62. The molecular formula is C13H14ClNS. The highest BCUT2D eigenvalue weighted by atomic mass is 35.5. The van der Waals surface area contributed by atoms with E-state index >= 15 is 0 Å². The maximum atomic E-state index is 5.82. The molecule has 1 aromatic heterocycles. The van der Waals surface area contributed by atoms with Crippen LogP contribution in [0.25, 0.3) is 11.3 Å². The zero-order chi connectivity index (χ0) is 11.5. The minimum atomic E-state index is 0.598. The second-order valence-electron chi connectivity index (χ2n) is 4.28. The maximum absolute atomic E-state index is 5.82. The number of hydrogen-bond acceptors (Lipinski definition) is 2. The summed E-state index contributed by atoms with van der Waals surface area (Å²) in [4.78, 5) is 4.26. The van der Waals surface area contributed by atoms with Crippen molar-refractivity contribution in [3.8, 4) is 11.3 Å². The number of nitrogens with zero attached hydrogens (tertiary/aromatic N) is 1. The summed E-state index contributed by atoms with van der Waals surface area (Å²) in [6, 6.07) is 8.57. The van der Waals surface area contributed by atoms with Gasteiger partial charge in [-0.3, -0.25) is 0 Å². The molecule has 0 unspecified atom stereocenters. The average Bonchev–Trinajstić information content (AvgIpc) is 2.65. The van der Waals surface area contributed by atoms with E-state index in [1.807, 2.05) is 5.38 Å². The van der Waals surface area contributed by atoms with Crippen LogP contribution in [0.4, 0.5) is 0 Å². The molecule has 0 amide bonds. The Morgan fingerprint density at radius 1 is 1.25 bits per heavy atom. The summed E-state index contributed by atoms with van der Waals surface area (Å²) in [6.07, 6.45) is 1.12. The van der Waals surface area contributed by atoms with Crippen LogP contribution >= 0.6 is 22.9 Å². The third kappa shape index (κ3) is 2.83. The molecule has 3 heteroatoms. The first-order valence-electron chi connectivity index (χ1n) is 5.35. The average molecular weight is 252 g/mol. The molecule has 16 heavy (non-hydrogen) atoms. The van der Waals surface area contributed by atoms with Crippen molar-refractivity contribution in [3.63, 3.8) is 0 Å². The quantitative estimate of drug-likeness (QED) is 0.773. The summed E-state index contributed by atoms with van der Waals surface area (Å²) in [7, 11) is 0. The first-order chi connectivity index (χ1) is 7.65. The van der Waals surface area contributed by atoms with E-state index in [1.165, 1.54) is 16.9 Å². The van der Waals surface area contributed by atoms with Crippen LogP contribution < -0.4 is 0 Å². The van der Waals surface area contributed by atoms with E-state index in [2.05, 4.69) is 43.1 Å². The van der Waals surface area contributed by atoms with Crippen molar-refractivity contribution < 1.29 is 0 Å². The molecule has 0 aliphatic carbocycles. The Bertz CT molecular complexity index is 459.